The molecule has 1 heterocycles. The van der Waals surface area contributed by atoms with E-state index in [0.29, 0.717) is 5.92 Å². The van der Waals surface area contributed by atoms with Crippen molar-refractivity contribution in [2.24, 2.45) is 11.7 Å². The fourth-order valence-corrected chi connectivity index (χ4v) is 2.48. The molecule has 0 aliphatic heterocycles. The molecular weight excluding hydrogens is 244 g/mol. The first-order valence-corrected chi connectivity index (χ1v) is 7.51. The van der Waals surface area contributed by atoms with E-state index in [1.807, 2.05) is 6.08 Å². The van der Waals surface area contributed by atoms with Crippen LogP contribution in [0.1, 0.15) is 45.5 Å². The normalized spacial score (nSPS) is 12.9. The number of thioether (sulfide) groups is 1. The number of nitrogens with zero attached hydrogens (tertiary/aromatic N) is 3. The Labute approximate surface area is 114 Å². The zero-order valence-corrected chi connectivity index (χ0v) is 12.4. The topological polar surface area (TPSA) is 56.7 Å². The van der Waals surface area contributed by atoms with Gasteiger partial charge in [0, 0.05) is 12.3 Å². The van der Waals surface area contributed by atoms with Gasteiger partial charge in [0.25, 0.3) is 0 Å². The summed E-state index contributed by atoms with van der Waals surface area (Å²) >= 11 is 1.66. The van der Waals surface area contributed by atoms with E-state index in [2.05, 4.69) is 42.1 Å². The van der Waals surface area contributed by atoms with Crippen molar-refractivity contribution in [3.63, 3.8) is 0 Å². The second kappa shape index (κ2) is 7.59. The summed E-state index contributed by atoms with van der Waals surface area (Å²) < 4.78 is 2.17. The third kappa shape index (κ3) is 4.14. The minimum Gasteiger partial charge on any atom is -0.321 e. The Kier molecular flexibility index (Phi) is 6.43. The van der Waals surface area contributed by atoms with Crippen molar-refractivity contribution in [1.29, 1.82) is 0 Å². The first-order valence-electron chi connectivity index (χ1n) is 6.52. The third-order valence-electron chi connectivity index (χ3n) is 2.55. The maximum atomic E-state index is 6.17. The van der Waals surface area contributed by atoms with Gasteiger partial charge in [-0.3, -0.25) is 0 Å². The summed E-state index contributed by atoms with van der Waals surface area (Å²) in [5.74, 6) is 2.31. The van der Waals surface area contributed by atoms with Crippen molar-refractivity contribution in [2.45, 2.75) is 51.4 Å². The van der Waals surface area contributed by atoms with Crippen LogP contribution in [0.2, 0.25) is 0 Å². The van der Waals surface area contributed by atoms with Gasteiger partial charge < -0.3 is 10.3 Å². The van der Waals surface area contributed by atoms with E-state index in [1.54, 1.807) is 11.8 Å². The van der Waals surface area contributed by atoms with Crippen LogP contribution < -0.4 is 5.73 Å². The summed E-state index contributed by atoms with van der Waals surface area (Å²) in [6, 6.07) is -0.0145. The number of aromatic nitrogens is 3. The molecule has 4 nitrogen and oxygen atoms in total. The Balaban J connectivity index is 2.94. The quantitative estimate of drug-likeness (QED) is 0.581. The van der Waals surface area contributed by atoms with E-state index < -0.39 is 0 Å². The van der Waals surface area contributed by atoms with Crippen LogP contribution in [-0.2, 0) is 6.54 Å². The summed E-state index contributed by atoms with van der Waals surface area (Å²) in [6.07, 6.45) is 3.89. The molecule has 0 aliphatic carbocycles. The lowest BCUT2D eigenvalue weighted by Gasteiger charge is -2.15. The Morgan fingerprint density at radius 2 is 2.17 bits per heavy atom. The van der Waals surface area contributed by atoms with Crippen molar-refractivity contribution in [1.82, 2.24) is 14.8 Å². The molecule has 102 valence electrons. The van der Waals surface area contributed by atoms with Gasteiger partial charge in [-0.1, -0.05) is 45.0 Å². The highest BCUT2D eigenvalue weighted by Crippen LogP contribution is 2.23. The third-order valence-corrected chi connectivity index (χ3v) is 3.52. The Morgan fingerprint density at radius 1 is 1.44 bits per heavy atom. The average Bonchev–Trinajstić information content (AvgIpc) is 2.69. The number of nitrogens with two attached hydrogens (primary N) is 1. The van der Waals surface area contributed by atoms with Gasteiger partial charge in [0.15, 0.2) is 11.0 Å². The van der Waals surface area contributed by atoms with Crippen LogP contribution in [0.5, 0.6) is 0 Å². The van der Waals surface area contributed by atoms with Gasteiger partial charge in [-0.25, -0.2) is 0 Å². The maximum Gasteiger partial charge on any atom is 0.191 e. The molecule has 0 radical (unpaired) electrons. The second-order valence-corrected chi connectivity index (χ2v) is 5.83. The van der Waals surface area contributed by atoms with Crippen LogP contribution in [0.15, 0.2) is 17.8 Å². The van der Waals surface area contributed by atoms with Crippen molar-refractivity contribution in [2.75, 3.05) is 5.75 Å². The Morgan fingerprint density at radius 3 is 2.72 bits per heavy atom. The predicted molar refractivity (Wildman–Crippen MR) is 77.6 cm³/mol. The molecule has 1 aromatic rings. The summed E-state index contributed by atoms with van der Waals surface area (Å²) in [7, 11) is 0. The molecule has 1 atom stereocenters. The molecule has 1 unspecified atom stereocenters. The predicted octanol–water partition coefficient (Wildman–Crippen LogP) is 3.01. The van der Waals surface area contributed by atoms with Crippen molar-refractivity contribution < 1.29 is 0 Å². The molecule has 1 aromatic heterocycles. The van der Waals surface area contributed by atoms with E-state index in [1.165, 1.54) is 0 Å². The summed E-state index contributed by atoms with van der Waals surface area (Å²) in [6.45, 7) is 11.2. The zero-order chi connectivity index (χ0) is 13.5. The van der Waals surface area contributed by atoms with E-state index in [9.17, 15) is 0 Å². The first kappa shape index (κ1) is 15.2. The molecule has 0 spiro atoms. The molecule has 1 rings (SSSR count). The van der Waals surface area contributed by atoms with E-state index in [-0.39, 0.29) is 6.04 Å². The average molecular weight is 268 g/mol. The molecule has 0 aromatic carbocycles. The minimum absolute atomic E-state index is 0.0145. The molecule has 18 heavy (non-hydrogen) atoms. The largest absolute Gasteiger partial charge is 0.321 e. The van der Waals surface area contributed by atoms with Crippen LogP contribution in [0.3, 0.4) is 0 Å². The fourth-order valence-electron chi connectivity index (χ4n) is 1.79. The van der Waals surface area contributed by atoms with Crippen molar-refractivity contribution in [3.05, 3.63) is 18.5 Å². The van der Waals surface area contributed by atoms with Gasteiger partial charge in [0.05, 0.1) is 6.04 Å². The number of hydrogen-bond donors (Lipinski definition) is 1. The Hall–Kier alpha value is -0.810. The summed E-state index contributed by atoms with van der Waals surface area (Å²) in [5.41, 5.74) is 6.17. The maximum absolute atomic E-state index is 6.17. The molecule has 0 amide bonds. The smallest absolute Gasteiger partial charge is 0.191 e. The lowest BCUT2D eigenvalue weighted by atomic mass is 10.1. The standard InChI is InChI=1S/C13H24N4S/c1-5-7-11(14)12-15-16-13(18-8-6-2)17(12)9-10(3)4/h6,10-11H,2,5,7-9,14H2,1,3-4H3. The molecule has 0 bridgehead atoms. The highest BCUT2D eigenvalue weighted by molar-refractivity contribution is 7.99. The van der Waals surface area contributed by atoms with E-state index in [0.717, 1.165) is 36.1 Å². The molecule has 0 saturated carbocycles. The number of rotatable bonds is 8. The SMILES string of the molecule is C=CCSc1nnc(C(N)CCC)n1CC(C)C. The molecular formula is C13H24N4S. The lowest BCUT2D eigenvalue weighted by molar-refractivity contribution is 0.457. The van der Waals surface area contributed by atoms with Crippen LogP contribution in [-0.4, -0.2) is 20.5 Å². The van der Waals surface area contributed by atoms with Gasteiger partial charge in [0.1, 0.15) is 0 Å². The van der Waals surface area contributed by atoms with Crippen LogP contribution >= 0.6 is 11.8 Å². The molecule has 0 aliphatic rings. The Bertz CT molecular complexity index is 373. The summed E-state index contributed by atoms with van der Waals surface area (Å²) in [4.78, 5) is 0. The fraction of sp³-hybridized carbons (Fsp3) is 0.692. The monoisotopic (exact) mass is 268 g/mol. The second-order valence-electron chi connectivity index (χ2n) is 4.84. The van der Waals surface area contributed by atoms with Gasteiger partial charge in [-0.2, -0.15) is 0 Å². The van der Waals surface area contributed by atoms with Crippen molar-refractivity contribution in [3.8, 4) is 0 Å². The summed E-state index contributed by atoms with van der Waals surface area (Å²) in [5, 5.41) is 9.48. The molecule has 2 N–H and O–H groups in total. The highest BCUT2D eigenvalue weighted by Gasteiger charge is 2.18. The number of hydrogen-bond acceptors (Lipinski definition) is 4. The van der Waals surface area contributed by atoms with Gasteiger partial charge in [-0.15, -0.1) is 16.8 Å². The minimum atomic E-state index is -0.0145. The van der Waals surface area contributed by atoms with Crippen LogP contribution in [0.4, 0.5) is 0 Å². The molecule has 0 fully saturated rings. The highest BCUT2D eigenvalue weighted by atomic mass is 32.2. The molecule has 5 heteroatoms. The van der Waals surface area contributed by atoms with E-state index in [4.69, 9.17) is 5.73 Å². The van der Waals surface area contributed by atoms with Gasteiger partial charge in [0.2, 0.25) is 0 Å². The van der Waals surface area contributed by atoms with Crippen LogP contribution in [0, 0.1) is 5.92 Å². The van der Waals surface area contributed by atoms with Gasteiger partial charge >= 0.3 is 0 Å². The van der Waals surface area contributed by atoms with Crippen molar-refractivity contribution >= 4 is 11.8 Å². The van der Waals surface area contributed by atoms with Gasteiger partial charge in [-0.05, 0) is 12.3 Å². The van der Waals surface area contributed by atoms with Crippen LogP contribution in [0.25, 0.3) is 0 Å². The molecule has 0 saturated heterocycles. The first-order chi connectivity index (χ1) is 8.60. The van der Waals surface area contributed by atoms with E-state index >= 15 is 0 Å². The zero-order valence-electron chi connectivity index (χ0n) is 11.6. The lowest BCUT2D eigenvalue weighted by Crippen LogP contribution is -2.18.